The molecule has 112 valence electrons. The van der Waals surface area contributed by atoms with Crippen LogP contribution in [0.2, 0.25) is 0 Å². The summed E-state index contributed by atoms with van der Waals surface area (Å²) in [7, 11) is 0. The molecule has 0 spiro atoms. The molecule has 0 heterocycles. The number of hydrogen-bond acceptors (Lipinski definition) is 0. The van der Waals surface area contributed by atoms with E-state index in [9.17, 15) is 0 Å². The molecular formula is C23H20. The Morgan fingerprint density at radius 2 is 1.22 bits per heavy atom. The molecule has 0 radical (unpaired) electrons. The molecule has 3 aromatic carbocycles. The largest absolute Gasteiger partial charge is 0.106 e. The van der Waals surface area contributed by atoms with Crippen molar-refractivity contribution in [2.45, 2.75) is 5.92 Å². The fourth-order valence-electron chi connectivity index (χ4n) is 3.17. The van der Waals surface area contributed by atoms with Gasteiger partial charge in [0, 0.05) is 5.92 Å². The van der Waals surface area contributed by atoms with Gasteiger partial charge in [-0.3, -0.25) is 0 Å². The van der Waals surface area contributed by atoms with Crippen LogP contribution in [0, 0.1) is 0 Å². The normalized spacial score (nSPS) is 14.7. The summed E-state index contributed by atoms with van der Waals surface area (Å²) in [6.07, 6.45) is 4.55. The summed E-state index contributed by atoms with van der Waals surface area (Å²) >= 11 is 0. The van der Waals surface area contributed by atoms with Crippen molar-refractivity contribution in [2.24, 2.45) is 0 Å². The first kappa shape index (κ1) is 15.1. The van der Waals surface area contributed by atoms with Crippen LogP contribution >= 0.6 is 0 Å². The monoisotopic (exact) mass is 296 g/mol. The van der Waals surface area contributed by atoms with Gasteiger partial charge in [0.05, 0.1) is 0 Å². The Balaban J connectivity index is 0.000000753. The molecule has 0 saturated carbocycles. The average molecular weight is 296 g/mol. The van der Waals surface area contributed by atoms with Crippen LogP contribution in [0.3, 0.4) is 0 Å². The molecule has 1 atom stereocenters. The molecule has 0 nitrogen and oxygen atoms in total. The highest BCUT2D eigenvalue weighted by atomic mass is 14.2. The second-order valence-electron chi connectivity index (χ2n) is 5.42. The van der Waals surface area contributed by atoms with Crippen molar-refractivity contribution in [3.05, 3.63) is 115 Å². The first-order valence-electron chi connectivity index (χ1n) is 7.85. The first-order chi connectivity index (χ1) is 11.4. The lowest BCUT2D eigenvalue weighted by atomic mass is 9.87. The zero-order chi connectivity index (χ0) is 16.1. The van der Waals surface area contributed by atoms with E-state index < -0.39 is 0 Å². The van der Waals surface area contributed by atoms with Gasteiger partial charge in [-0.25, -0.2) is 0 Å². The van der Waals surface area contributed by atoms with Crippen LogP contribution in [-0.4, -0.2) is 0 Å². The highest BCUT2D eigenvalue weighted by Crippen LogP contribution is 2.39. The van der Waals surface area contributed by atoms with Gasteiger partial charge in [0.2, 0.25) is 0 Å². The molecule has 3 aromatic rings. The zero-order valence-corrected chi connectivity index (χ0v) is 13.2. The third-order valence-electron chi connectivity index (χ3n) is 4.18. The Bertz CT molecular complexity index is 812. The quantitative estimate of drug-likeness (QED) is 0.486. The van der Waals surface area contributed by atoms with Crippen LogP contribution in [0.5, 0.6) is 0 Å². The van der Waals surface area contributed by atoms with Crippen molar-refractivity contribution in [1.82, 2.24) is 0 Å². The van der Waals surface area contributed by atoms with Crippen LogP contribution in [0.1, 0.15) is 22.6 Å². The molecule has 0 aromatic heterocycles. The predicted molar refractivity (Wildman–Crippen MR) is 100 cm³/mol. The van der Waals surface area contributed by atoms with Crippen LogP contribution < -0.4 is 0 Å². The maximum Gasteiger partial charge on any atom is 0.0284 e. The van der Waals surface area contributed by atoms with E-state index in [2.05, 4.69) is 104 Å². The van der Waals surface area contributed by atoms with Crippen LogP contribution in [0.25, 0.3) is 17.2 Å². The van der Waals surface area contributed by atoms with Gasteiger partial charge < -0.3 is 0 Å². The van der Waals surface area contributed by atoms with Gasteiger partial charge in [-0.15, -0.1) is 13.2 Å². The average Bonchev–Trinajstić information content (AvgIpc) is 3.08. The summed E-state index contributed by atoms with van der Waals surface area (Å²) < 4.78 is 0. The second kappa shape index (κ2) is 6.93. The predicted octanol–water partition coefficient (Wildman–Crippen LogP) is 6.31. The maximum absolute atomic E-state index is 3.00. The minimum atomic E-state index is 0.359. The minimum absolute atomic E-state index is 0.359. The standard InChI is InChI=1S/C21H16.C2H4/c1-2-8-16(9-3-1)18-12-6-7-13-20(18)21-15-14-17-10-4-5-11-19(17)21;1-2/h1-15,21H;1-2H2. The van der Waals surface area contributed by atoms with Gasteiger partial charge in [-0.1, -0.05) is 91.0 Å². The van der Waals surface area contributed by atoms with Gasteiger partial charge in [0.25, 0.3) is 0 Å². The van der Waals surface area contributed by atoms with Crippen molar-refractivity contribution in [2.75, 3.05) is 0 Å². The van der Waals surface area contributed by atoms with Crippen molar-refractivity contribution in [3.63, 3.8) is 0 Å². The third-order valence-corrected chi connectivity index (χ3v) is 4.18. The van der Waals surface area contributed by atoms with Crippen molar-refractivity contribution in [1.29, 1.82) is 0 Å². The van der Waals surface area contributed by atoms with E-state index in [1.807, 2.05) is 0 Å². The van der Waals surface area contributed by atoms with Crippen molar-refractivity contribution >= 4 is 6.08 Å². The third kappa shape index (κ3) is 2.89. The zero-order valence-electron chi connectivity index (χ0n) is 13.2. The molecular weight excluding hydrogens is 276 g/mol. The molecule has 0 amide bonds. The Kier molecular flexibility index (Phi) is 4.54. The van der Waals surface area contributed by atoms with E-state index in [-0.39, 0.29) is 0 Å². The van der Waals surface area contributed by atoms with Gasteiger partial charge >= 0.3 is 0 Å². The van der Waals surface area contributed by atoms with Crippen molar-refractivity contribution in [3.8, 4) is 11.1 Å². The van der Waals surface area contributed by atoms with E-state index >= 15 is 0 Å². The lowest BCUT2D eigenvalue weighted by molar-refractivity contribution is 1.05. The Morgan fingerprint density at radius 1 is 0.609 bits per heavy atom. The Labute approximate surface area is 138 Å². The highest BCUT2D eigenvalue weighted by molar-refractivity contribution is 5.73. The molecule has 1 aliphatic carbocycles. The van der Waals surface area contributed by atoms with Gasteiger partial charge in [-0.2, -0.15) is 0 Å². The highest BCUT2D eigenvalue weighted by Gasteiger charge is 2.21. The molecule has 23 heavy (non-hydrogen) atoms. The molecule has 0 aliphatic heterocycles. The molecule has 0 bridgehead atoms. The van der Waals surface area contributed by atoms with Crippen LogP contribution in [0.15, 0.2) is 98.1 Å². The number of fused-ring (bicyclic) bond motifs is 1. The van der Waals surface area contributed by atoms with Crippen LogP contribution in [0.4, 0.5) is 0 Å². The molecule has 0 saturated heterocycles. The summed E-state index contributed by atoms with van der Waals surface area (Å²) in [6, 6.07) is 28.0. The van der Waals surface area contributed by atoms with E-state index in [1.165, 1.54) is 27.8 Å². The lowest BCUT2D eigenvalue weighted by Gasteiger charge is -2.16. The second-order valence-corrected chi connectivity index (χ2v) is 5.42. The first-order valence-corrected chi connectivity index (χ1v) is 7.85. The van der Waals surface area contributed by atoms with Crippen LogP contribution in [-0.2, 0) is 0 Å². The lowest BCUT2D eigenvalue weighted by Crippen LogP contribution is -1.98. The van der Waals surface area contributed by atoms with E-state index in [0.29, 0.717) is 5.92 Å². The number of benzene rings is 3. The fourth-order valence-corrected chi connectivity index (χ4v) is 3.17. The molecule has 0 heteroatoms. The summed E-state index contributed by atoms with van der Waals surface area (Å²) in [5.74, 6) is 0.359. The number of allylic oxidation sites excluding steroid dienone is 1. The summed E-state index contributed by atoms with van der Waals surface area (Å²) in [4.78, 5) is 0. The van der Waals surface area contributed by atoms with Crippen molar-refractivity contribution < 1.29 is 0 Å². The molecule has 0 N–H and O–H groups in total. The van der Waals surface area contributed by atoms with Gasteiger partial charge in [0.1, 0.15) is 0 Å². The molecule has 0 fully saturated rings. The summed E-state index contributed by atoms with van der Waals surface area (Å²) in [5, 5.41) is 0. The van der Waals surface area contributed by atoms with Gasteiger partial charge in [0.15, 0.2) is 0 Å². The summed E-state index contributed by atoms with van der Waals surface area (Å²) in [6.45, 7) is 6.00. The van der Waals surface area contributed by atoms with Gasteiger partial charge in [-0.05, 0) is 27.8 Å². The molecule has 4 rings (SSSR count). The Morgan fingerprint density at radius 3 is 2.00 bits per heavy atom. The minimum Gasteiger partial charge on any atom is -0.106 e. The molecule has 1 unspecified atom stereocenters. The summed E-state index contributed by atoms with van der Waals surface area (Å²) in [5.41, 5.74) is 6.73. The number of hydrogen-bond donors (Lipinski definition) is 0. The SMILES string of the molecule is C1=CC(c2ccccc2-c2ccccc2)c2ccccc21.C=C. The van der Waals surface area contributed by atoms with E-state index in [4.69, 9.17) is 0 Å². The smallest absolute Gasteiger partial charge is 0.0284 e. The Hall–Kier alpha value is -2.86. The number of rotatable bonds is 2. The molecule has 1 aliphatic rings. The topological polar surface area (TPSA) is 0 Å². The maximum atomic E-state index is 3.00. The van der Waals surface area contributed by atoms with E-state index in [0.717, 1.165) is 0 Å². The fraction of sp³-hybridized carbons (Fsp3) is 0.0435. The van der Waals surface area contributed by atoms with E-state index in [1.54, 1.807) is 0 Å².